The largest absolute Gasteiger partial charge is 0.265 e. The van der Waals surface area contributed by atoms with Crippen LogP contribution >= 0.6 is 0 Å². The molecule has 16 nitrogen and oxygen atoms in total. The third-order valence-electron chi connectivity index (χ3n) is 10.9. The molecule has 10 aromatic heterocycles. The van der Waals surface area contributed by atoms with Crippen LogP contribution in [0.3, 0.4) is 0 Å². The van der Waals surface area contributed by atoms with Crippen molar-refractivity contribution in [3.8, 4) is 34.2 Å². The molecule has 0 saturated carbocycles. The van der Waals surface area contributed by atoms with Gasteiger partial charge in [0, 0.05) is 126 Å². The van der Waals surface area contributed by atoms with Crippen LogP contribution in [0.4, 0.5) is 0 Å². The highest BCUT2D eigenvalue weighted by molar-refractivity contribution is 5.55. The molecule has 0 aliphatic heterocycles. The summed E-state index contributed by atoms with van der Waals surface area (Å²) < 4.78 is 0. The van der Waals surface area contributed by atoms with Gasteiger partial charge in [-0.15, -0.1) is 0 Å². The van der Waals surface area contributed by atoms with Gasteiger partial charge in [0.15, 0.2) is 17.5 Å². The normalized spacial score (nSPS) is 9.25. The quantitative estimate of drug-likeness (QED) is 0.161. The minimum absolute atomic E-state index is 0.730. The Balaban J connectivity index is 0.000000212. The number of benzene rings is 3. The van der Waals surface area contributed by atoms with Crippen molar-refractivity contribution in [3.05, 3.63) is 338 Å². The molecule has 444 valence electrons. The number of pyridine rings is 5. The lowest BCUT2D eigenvalue weighted by Gasteiger charge is -1.99. The molecule has 0 fully saturated rings. The van der Waals surface area contributed by atoms with Crippen LogP contribution in [-0.2, 0) is 0 Å². The topological polar surface area (TPSA) is 206 Å². The van der Waals surface area contributed by atoms with Crippen molar-refractivity contribution in [2.75, 3.05) is 0 Å². The maximum atomic E-state index is 4.33. The Bertz CT molecular complexity index is 3290. The predicted molar refractivity (Wildman–Crippen MR) is 353 cm³/mol. The maximum Gasteiger partial charge on any atom is 0.162 e. The van der Waals surface area contributed by atoms with E-state index in [1.54, 1.807) is 55.8 Å². The van der Waals surface area contributed by atoms with Gasteiger partial charge < -0.3 is 0 Å². The number of aromatic nitrogens is 16. The fourth-order valence-corrected chi connectivity index (χ4v) is 6.34. The molecule has 0 atom stereocenters. The average molecular weight is 1170 g/mol. The molecule has 10 heterocycles. The molecule has 3 aromatic carbocycles. The van der Waals surface area contributed by atoms with Crippen molar-refractivity contribution in [3.63, 3.8) is 0 Å². The third kappa shape index (κ3) is 33.1. The zero-order valence-electron chi connectivity index (χ0n) is 51.7. The first-order valence-electron chi connectivity index (χ1n) is 28.0. The number of hydrogen-bond acceptors (Lipinski definition) is 16. The van der Waals surface area contributed by atoms with Gasteiger partial charge in [0.05, 0.1) is 0 Å². The predicted octanol–water partition coefficient (Wildman–Crippen LogP) is 15.3. The molecule has 0 radical (unpaired) electrons. The van der Waals surface area contributed by atoms with E-state index in [0.29, 0.717) is 0 Å². The second kappa shape index (κ2) is 43.4. The number of aryl methyl sites for hydroxylation is 10. The molecular formula is C72H76N16. The van der Waals surface area contributed by atoms with Crippen molar-refractivity contribution in [2.45, 2.75) is 69.2 Å². The molecule has 0 unspecified atom stereocenters. The molecule has 0 spiro atoms. The zero-order valence-corrected chi connectivity index (χ0v) is 51.7. The van der Waals surface area contributed by atoms with Gasteiger partial charge in [-0.1, -0.05) is 115 Å². The minimum Gasteiger partial charge on any atom is -0.265 e. The Morgan fingerprint density at radius 3 is 0.932 bits per heavy atom. The fraction of sp³-hybridized carbons (Fsp3) is 0.139. The second-order valence-electron chi connectivity index (χ2n) is 18.8. The van der Waals surface area contributed by atoms with Crippen molar-refractivity contribution in [1.29, 1.82) is 0 Å². The van der Waals surface area contributed by atoms with Crippen LogP contribution in [0.5, 0.6) is 0 Å². The van der Waals surface area contributed by atoms with Crippen LogP contribution in [0.25, 0.3) is 34.2 Å². The first-order valence-corrected chi connectivity index (χ1v) is 28.0. The summed E-state index contributed by atoms with van der Waals surface area (Å²) in [5.74, 6) is 3.05. The summed E-state index contributed by atoms with van der Waals surface area (Å²) in [5, 5.41) is 0. The molecule has 0 aliphatic rings. The Morgan fingerprint density at radius 1 is 0.205 bits per heavy atom. The first-order chi connectivity index (χ1) is 42.8. The van der Waals surface area contributed by atoms with Crippen molar-refractivity contribution >= 4 is 0 Å². The van der Waals surface area contributed by atoms with Gasteiger partial charge in [-0.2, -0.15) is 0 Å². The smallest absolute Gasteiger partial charge is 0.162 e. The van der Waals surface area contributed by atoms with Gasteiger partial charge in [0.1, 0.15) is 24.8 Å². The van der Waals surface area contributed by atoms with Gasteiger partial charge >= 0.3 is 0 Å². The standard InChI is InChI=1S/2C11H10N2.C10H9N3.5C6H7N.2C5H6N2/c1-9-7-12-11(13-8-9)10-5-3-2-4-6-10;1-9-7-8-12-11(13-9)10-5-3-2-4-6-10;1-8-11-7-12-10(13-8)9-5-3-2-4-6-9;1-6-2-4-7-5-3-6;2*1-6-3-2-4-7-5-6;2*1-6-4-2-3-5-7-6;2*1-5-2-3-6-4-7-5/h2*2-8H,1H3;2-7H,1H3;5*2-5H,1H3;2*2-4H,1H3. The van der Waals surface area contributed by atoms with E-state index in [2.05, 4.69) is 79.7 Å². The van der Waals surface area contributed by atoms with Crippen LogP contribution in [0, 0.1) is 69.2 Å². The van der Waals surface area contributed by atoms with Crippen LogP contribution in [0.1, 0.15) is 56.5 Å². The highest BCUT2D eigenvalue weighted by Gasteiger charge is 2.00. The van der Waals surface area contributed by atoms with Crippen LogP contribution in [-0.4, -0.2) is 79.7 Å². The summed E-state index contributed by atoms with van der Waals surface area (Å²) in [4.78, 5) is 64.0. The SMILES string of the molecule is Cc1ccccn1.Cc1ccccn1.Cc1cccnc1.Cc1cccnc1.Cc1ccnc(-c2ccccc2)n1.Cc1ccncc1.Cc1ccncn1.Cc1ccncn1.Cc1cnc(-c2ccccc2)nc1.Cc1ncnc(-c2ccccc2)n1. The van der Waals surface area contributed by atoms with Gasteiger partial charge in [0.25, 0.3) is 0 Å². The van der Waals surface area contributed by atoms with E-state index in [0.717, 1.165) is 74.0 Å². The van der Waals surface area contributed by atoms with Crippen molar-refractivity contribution in [1.82, 2.24) is 79.7 Å². The van der Waals surface area contributed by atoms with E-state index in [1.807, 2.05) is 276 Å². The Morgan fingerprint density at radius 2 is 0.625 bits per heavy atom. The molecule has 0 amide bonds. The highest BCUT2D eigenvalue weighted by atomic mass is 15.0. The molecule has 0 saturated heterocycles. The van der Waals surface area contributed by atoms with Crippen LogP contribution in [0.2, 0.25) is 0 Å². The summed E-state index contributed by atoms with van der Waals surface area (Å²) in [6, 6.07) is 59.0. The molecule has 0 aliphatic carbocycles. The van der Waals surface area contributed by atoms with Crippen LogP contribution in [0.15, 0.2) is 282 Å². The van der Waals surface area contributed by atoms with Crippen LogP contribution < -0.4 is 0 Å². The van der Waals surface area contributed by atoms with E-state index in [1.165, 1.54) is 35.7 Å². The lowest BCUT2D eigenvalue weighted by atomic mass is 10.2. The van der Waals surface area contributed by atoms with E-state index < -0.39 is 0 Å². The number of hydrogen-bond donors (Lipinski definition) is 0. The van der Waals surface area contributed by atoms with Gasteiger partial charge in [-0.3, -0.25) is 24.9 Å². The molecule has 13 rings (SSSR count). The van der Waals surface area contributed by atoms with Crippen molar-refractivity contribution in [2.24, 2.45) is 0 Å². The summed E-state index contributed by atoms with van der Waals surface area (Å²) >= 11 is 0. The molecule has 0 bridgehead atoms. The highest BCUT2D eigenvalue weighted by Crippen LogP contribution is 2.15. The molecule has 0 N–H and O–H groups in total. The van der Waals surface area contributed by atoms with E-state index in [9.17, 15) is 0 Å². The Kier molecular flexibility index (Phi) is 34.1. The number of nitrogens with zero attached hydrogens (tertiary/aromatic N) is 16. The summed E-state index contributed by atoms with van der Waals surface area (Å²) in [6.45, 7) is 19.7. The monoisotopic (exact) mass is 1160 g/mol. The average Bonchev–Trinajstić information content (AvgIpc) is 3.77. The van der Waals surface area contributed by atoms with Gasteiger partial charge in [-0.25, -0.2) is 54.8 Å². The fourth-order valence-electron chi connectivity index (χ4n) is 6.34. The summed E-state index contributed by atoms with van der Waals surface area (Å²) in [5.41, 5.74) is 13.1. The van der Waals surface area contributed by atoms with Gasteiger partial charge in [-0.05, 0) is 158 Å². The second-order valence-corrected chi connectivity index (χ2v) is 18.8. The molecule has 13 aromatic rings. The Labute approximate surface area is 518 Å². The summed E-state index contributed by atoms with van der Waals surface area (Å²) in [6.07, 6.45) is 27.9. The maximum absolute atomic E-state index is 4.33. The van der Waals surface area contributed by atoms with Gasteiger partial charge in [0.2, 0.25) is 0 Å². The molecule has 88 heavy (non-hydrogen) atoms. The van der Waals surface area contributed by atoms with E-state index in [-0.39, 0.29) is 0 Å². The lowest BCUT2D eigenvalue weighted by molar-refractivity contribution is 0.983. The molecule has 16 heteroatoms. The van der Waals surface area contributed by atoms with Crippen molar-refractivity contribution < 1.29 is 0 Å². The van der Waals surface area contributed by atoms with E-state index >= 15 is 0 Å². The van der Waals surface area contributed by atoms with E-state index in [4.69, 9.17) is 0 Å². The zero-order chi connectivity index (χ0) is 63.1. The minimum atomic E-state index is 0.730. The number of rotatable bonds is 3. The Hall–Kier alpha value is -11.3. The lowest BCUT2D eigenvalue weighted by Crippen LogP contribution is -1.93. The molecular weight excluding hydrogens is 1090 g/mol. The summed E-state index contributed by atoms with van der Waals surface area (Å²) in [7, 11) is 0. The first kappa shape index (κ1) is 69.2. The third-order valence-corrected chi connectivity index (χ3v) is 10.9.